The molecule has 0 aliphatic rings. The second-order valence-corrected chi connectivity index (χ2v) is 13.8. The van der Waals surface area contributed by atoms with E-state index in [-0.39, 0.29) is 51.2 Å². The van der Waals surface area contributed by atoms with Gasteiger partial charge in [0, 0.05) is 33.8 Å². The van der Waals surface area contributed by atoms with Crippen LogP contribution in [-0.4, -0.2) is 14.1 Å². The second-order valence-electron chi connectivity index (χ2n) is 13.8. The van der Waals surface area contributed by atoms with Crippen LogP contribution in [0.5, 0.6) is 11.5 Å². The Kier molecular flexibility index (Phi) is 5.21. The van der Waals surface area contributed by atoms with E-state index >= 15 is 0 Å². The molecular formula is C46H34N4O2. The summed E-state index contributed by atoms with van der Waals surface area (Å²) in [4.78, 5) is 4.80. The maximum atomic E-state index is 9.06. The number of aromatic nitrogens is 4. The van der Waals surface area contributed by atoms with Crippen LogP contribution in [-0.2, 0) is 5.41 Å². The highest BCUT2D eigenvalue weighted by Gasteiger charge is 2.20. The number of fused-ring (bicyclic) bond motifs is 7. The molecule has 0 aliphatic carbocycles. The third-order valence-corrected chi connectivity index (χ3v) is 9.50. The smallest absolute Gasteiger partial charge is 0.269 e. The monoisotopic (exact) mass is 681 g/mol. The predicted molar refractivity (Wildman–Crippen MR) is 208 cm³/mol. The molecule has 10 rings (SSSR count). The SMILES string of the molecule is [2H]c1c([2H])c([2H])c2c(oc3c(-[n+]4[c-]n(-c5cccc(Oc6ccc7c8ccccc8n(-c8cc(C(C)(C)C)ccn8)c7c6)c5)c5ccccc54)c([2H])c([2H])c([2H])c32)c1[2H]. The van der Waals surface area contributed by atoms with Gasteiger partial charge >= 0.3 is 0 Å². The fraction of sp³-hybridized carbons (Fsp3) is 0.0870. The Labute approximate surface area is 310 Å². The van der Waals surface area contributed by atoms with E-state index in [1.165, 1.54) is 5.56 Å². The molecule has 0 fully saturated rings. The number of para-hydroxylation sites is 5. The molecule has 250 valence electrons. The van der Waals surface area contributed by atoms with Crippen LogP contribution in [0, 0.1) is 6.33 Å². The van der Waals surface area contributed by atoms with Crippen molar-refractivity contribution in [3.8, 4) is 28.7 Å². The van der Waals surface area contributed by atoms with E-state index in [9.17, 15) is 0 Å². The third-order valence-electron chi connectivity index (χ3n) is 9.50. The van der Waals surface area contributed by atoms with E-state index in [0.717, 1.165) is 27.6 Å². The second kappa shape index (κ2) is 11.4. The van der Waals surface area contributed by atoms with Crippen molar-refractivity contribution in [2.24, 2.45) is 0 Å². The van der Waals surface area contributed by atoms with E-state index in [0.29, 0.717) is 28.2 Å². The summed E-state index contributed by atoms with van der Waals surface area (Å²) in [6, 6.07) is 30.7. The lowest BCUT2D eigenvalue weighted by atomic mass is 9.88. The summed E-state index contributed by atoms with van der Waals surface area (Å²) in [5, 5.41) is 2.20. The summed E-state index contributed by atoms with van der Waals surface area (Å²) < 4.78 is 78.6. The molecule has 10 aromatic rings. The summed E-state index contributed by atoms with van der Waals surface area (Å²) in [5.41, 5.74) is 5.04. The van der Waals surface area contributed by atoms with Crippen LogP contribution in [0.2, 0.25) is 0 Å². The van der Waals surface area contributed by atoms with E-state index in [4.69, 9.17) is 23.7 Å². The van der Waals surface area contributed by atoms with Crippen LogP contribution in [0.25, 0.3) is 72.0 Å². The van der Waals surface area contributed by atoms with Gasteiger partial charge in [-0.15, -0.1) is 0 Å². The molecule has 6 heteroatoms. The maximum Gasteiger partial charge on any atom is 0.269 e. The lowest BCUT2D eigenvalue weighted by molar-refractivity contribution is -0.571. The average Bonchev–Trinajstić information content (AvgIpc) is 3.92. The first-order chi connectivity index (χ1) is 28.3. The number of hydrogen-bond donors (Lipinski definition) is 0. The van der Waals surface area contributed by atoms with E-state index in [1.54, 1.807) is 9.13 Å². The lowest BCUT2D eigenvalue weighted by Crippen LogP contribution is -2.29. The van der Waals surface area contributed by atoms with Gasteiger partial charge in [-0.25, -0.2) is 4.98 Å². The molecule has 0 N–H and O–H groups in total. The molecule has 0 amide bonds. The van der Waals surface area contributed by atoms with Crippen LogP contribution in [0.15, 0.2) is 156 Å². The minimum atomic E-state index is -0.477. The Bertz CT molecular complexity index is 3400. The lowest BCUT2D eigenvalue weighted by Gasteiger charge is -2.20. The van der Waals surface area contributed by atoms with E-state index in [2.05, 4.69) is 62.0 Å². The highest BCUT2D eigenvalue weighted by Crippen LogP contribution is 2.37. The van der Waals surface area contributed by atoms with Gasteiger partial charge in [0.1, 0.15) is 34.2 Å². The molecule has 0 unspecified atom stereocenters. The molecule has 6 nitrogen and oxygen atoms in total. The van der Waals surface area contributed by atoms with Gasteiger partial charge in [-0.05, 0) is 71.6 Å². The maximum absolute atomic E-state index is 9.06. The van der Waals surface area contributed by atoms with Crippen LogP contribution in [0.4, 0.5) is 0 Å². The summed E-state index contributed by atoms with van der Waals surface area (Å²) >= 11 is 0. The topological polar surface area (TPSA) is 49.0 Å². The predicted octanol–water partition coefficient (Wildman–Crippen LogP) is 11.2. The largest absolute Gasteiger partial charge is 0.460 e. The standard InChI is InChI=1S/C46H34N4O2/c1-46(2,3)30-24-25-47-44(26-30)50-38-17-6-4-14-34(38)35-23-22-33(28-42(35)50)51-32-13-10-12-31(27-32)48-29-49(40-19-8-7-18-39(40)48)41-20-11-16-37-36-15-5-9-21-43(36)52-45(37)41/h4-28H,1-3H3/i5D,9D,11D,15D,16D,20D,21D. The molecule has 4 heterocycles. The number of furan rings is 1. The van der Waals surface area contributed by atoms with Crippen molar-refractivity contribution in [3.05, 3.63) is 164 Å². The van der Waals surface area contributed by atoms with Crippen molar-refractivity contribution >= 4 is 54.8 Å². The number of hydrogen-bond acceptors (Lipinski definition) is 3. The fourth-order valence-corrected chi connectivity index (χ4v) is 6.98. The number of nitrogens with zero attached hydrogens (tertiary/aromatic N) is 4. The zero-order valence-electron chi connectivity index (χ0n) is 35.5. The first kappa shape index (κ1) is 23.7. The summed E-state index contributed by atoms with van der Waals surface area (Å²) in [6.07, 6.45) is 5.20. The van der Waals surface area contributed by atoms with Crippen LogP contribution in [0.3, 0.4) is 0 Å². The summed E-state index contributed by atoms with van der Waals surface area (Å²) in [5.74, 6) is 2.01. The van der Waals surface area contributed by atoms with Gasteiger partial charge in [0.15, 0.2) is 0 Å². The van der Waals surface area contributed by atoms with Crippen molar-refractivity contribution in [2.45, 2.75) is 26.2 Å². The molecule has 0 spiro atoms. The zero-order chi connectivity index (χ0) is 41.1. The van der Waals surface area contributed by atoms with Gasteiger partial charge in [0.2, 0.25) is 0 Å². The number of ether oxygens (including phenoxy) is 1. The minimum absolute atomic E-state index is 0.00631. The molecular weight excluding hydrogens is 641 g/mol. The number of pyridine rings is 1. The van der Waals surface area contributed by atoms with Crippen molar-refractivity contribution in [2.75, 3.05) is 0 Å². The zero-order valence-corrected chi connectivity index (χ0v) is 28.5. The van der Waals surface area contributed by atoms with Crippen molar-refractivity contribution in [3.63, 3.8) is 0 Å². The summed E-state index contributed by atoms with van der Waals surface area (Å²) in [7, 11) is 0. The van der Waals surface area contributed by atoms with Gasteiger partial charge in [0.25, 0.3) is 6.33 Å². The van der Waals surface area contributed by atoms with Crippen LogP contribution >= 0.6 is 0 Å². The Morgan fingerprint density at radius 2 is 1.50 bits per heavy atom. The van der Waals surface area contributed by atoms with Crippen LogP contribution < -0.4 is 9.30 Å². The Morgan fingerprint density at radius 3 is 2.40 bits per heavy atom. The van der Waals surface area contributed by atoms with Gasteiger partial charge in [-0.1, -0.05) is 99.5 Å². The Hall–Kier alpha value is -6.66. The molecule has 0 aliphatic heterocycles. The summed E-state index contributed by atoms with van der Waals surface area (Å²) in [6.45, 7) is 6.57. The van der Waals surface area contributed by atoms with E-state index in [1.807, 2.05) is 79.0 Å². The molecule has 6 aromatic carbocycles. The molecule has 0 saturated heterocycles. The first-order valence-electron chi connectivity index (χ1n) is 20.5. The highest BCUT2D eigenvalue weighted by atomic mass is 16.5. The van der Waals surface area contributed by atoms with Gasteiger partial charge < -0.3 is 9.15 Å². The quantitative estimate of drug-likeness (QED) is 0.134. The molecule has 0 saturated carbocycles. The van der Waals surface area contributed by atoms with Crippen molar-refractivity contribution in [1.82, 2.24) is 14.1 Å². The third kappa shape index (κ3) is 4.79. The first-order valence-corrected chi connectivity index (χ1v) is 17.0. The Balaban J connectivity index is 1.10. The molecule has 52 heavy (non-hydrogen) atoms. The van der Waals surface area contributed by atoms with Crippen LogP contribution in [0.1, 0.15) is 35.9 Å². The van der Waals surface area contributed by atoms with Crippen molar-refractivity contribution < 1.29 is 23.3 Å². The molecule has 0 radical (unpaired) electrons. The number of benzene rings is 6. The number of rotatable bonds is 5. The molecule has 0 bridgehead atoms. The van der Waals surface area contributed by atoms with Crippen molar-refractivity contribution in [1.29, 1.82) is 0 Å². The average molecular weight is 682 g/mol. The fourth-order valence-electron chi connectivity index (χ4n) is 6.98. The Morgan fingerprint density at radius 1 is 0.712 bits per heavy atom. The highest BCUT2D eigenvalue weighted by molar-refractivity contribution is 6.09. The minimum Gasteiger partial charge on any atom is -0.460 e. The molecule has 4 aromatic heterocycles. The number of imidazole rings is 1. The van der Waals surface area contributed by atoms with Gasteiger partial charge in [-0.2, -0.15) is 0 Å². The van der Waals surface area contributed by atoms with Gasteiger partial charge in [0.05, 0.1) is 37.3 Å². The van der Waals surface area contributed by atoms with E-state index < -0.39 is 24.2 Å². The molecule has 0 atom stereocenters. The van der Waals surface area contributed by atoms with Gasteiger partial charge in [-0.3, -0.25) is 13.7 Å². The normalized spacial score (nSPS) is 14.0.